The van der Waals surface area contributed by atoms with Crippen LogP contribution in [0.4, 0.5) is 0 Å². The zero-order chi connectivity index (χ0) is 16.8. The van der Waals surface area contributed by atoms with Crippen LogP contribution < -0.4 is 0 Å². The number of hydrogen-bond acceptors (Lipinski definition) is 4. The van der Waals surface area contributed by atoms with Crippen molar-refractivity contribution in [1.82, 2.24) is 15.0 Å². The van der Waals surface area contributed by atoms with Crippen LogP contribution >= 0.6 is 0 Å². The maximum absolute atomic E-state index is 6.06. The monoisotopic (exact) mass is 311 g/mol. The van der Waals surface area contributed by atoms with E-state index in [1.165, 1.54) is 0 Å². The van der Waals surface area contributed by atoms with Gasteiger partial charge in [-0.15, -0.1) is 5.10 Å². The summed E-state index contributed by atoms with van der Waals surface area (Å²) in [5.41, 5.74) is 0.589. The second kappa shape index (κ2) is 8.06. The van der Waals surface area contributed by atoms with Crippen molar-refractivity contribution in [3.63, 3.8) is 0 Å². The lowest BCUT2D eigenvalue weighted by atomic mass is 10.0. The summed E-state index contributed by atoms with van der Waals surface area (Å²) in [7, 11) is 0. The highest BCUT2D eigenvalue weighted by atomic mass is 16.5. The van der Waals surface area contributed by atoms with Crippen molar-refractivity contribution in [2.24, 2.45) is 0 Å². The van der Waals surface area contributed by atoms with Gasteiger partial charge in [0.1, 0.15) is 0 Å². The molecule has 0 spiro atoms. The van der Waals surface area contributed by atoms with Gasteiger partial charge in [0.25, 0.3) is 0 Å². The van der Waals surface area contributed by atoms with E-state index in [9.17, 15) is 0 Å². The van der Waals surface area contributed by atoms with Gasteiger partial charge in [-0.05, 0) is 54.4 Å². The molecule has 0 bridgehead atoms. The Bertz CT molecular complexity index is 439. The Morgan fingerprint density at radius 1 is 1.09 bits per heavy atom. The number of ether oxygens (including phenoxy) is 2. The molecule has 0 N–H and O–H groups in total. The van der Waals surface area contributed by atoms with Crippen LogP contribution in [0.25, 0.3) is 0 Å². The maximum Gasteiger partial charge on any atom is 0.0855 e. The molecular weight excluding hydrogens is 278 g/mol. The van der Waals surface area contributed by atoms with Gasteiger partial charge in [-0.1, -0.05) is 12.1 Å². The minimum absolute atomic E-state index is 0.132. The van der Waals surface area contributed by atoms with Gasteiger partial charge in [0.2, 0.25) is 0 Å². The predicted octanol–water partition coefficient (Wildman–Crippen LogP) is 3.79. The van der Waals surface area contributed by atoms with Crippen LogP contribution in [-0.2, 0) is 15.9 Å². The normalized spacial score (nSPS) is 13.1. The highest BCUT2D eigenvalue weighted by Gasteiger charge is 2.24. The quantitative estimate of drug-likeness (QED) is 0.659. The molecule has 0 saturated heterocycles. The van der Waals surface area contributed by atoms with E-state index in [2.05, 4.69) is 58.8 Å². The fourth-order valence-corrected chi connectivity index (χ4v) is 2.16. The van der Waals surface area contributed by atoms with E-state index in [1.807, 2.05) is 10.9 Å². The summed E-state index contributed by atoms with van der Waals surface area (Å²) < 4.78 is 13.8. The fourth-order valence-electron chi connectivity index (χ4n) is 2.16. The van der Waals surface area contributed by atoms with Gasteiger partial charge in [0.05, 0.1) is 23.5 Å². The molecule has 0 aliphatic heterocycles. The molecule has 0 fully saturated rings. The molecule has 1 aromatic rings. The van der Waals surface area contributed by atoms with Crippen molar-refractivity contribution >= 4 is 0 Å². The van der Waals surface area contributed by atoms with Crippen molar-refractivity contribution < 1.29 is 9.47 Å². The smallest absolute Gasteiger partial charge is 0.0855 e. The lowest BCUT2D eigenvalue weighted by Gasteiger charge is -2.29. The van der Waals surface area contributed by atoms with E-state index in [4.69, 9.17) is 9.47 Å². The third-order valence-electron chi connectivity index (χ3n) is 3.59. The van der Waals surface area contributed by atoms with Crippen molar-refractivity contribution in [2.75, 3.05) is 13.2 Å². The molecule has 0 unspecified atom stereocenters. The zero-order valence-electron chi connectivity index (χ0n) is 15.3. The molecular formula is C17H33N3O2. The van der Waals surface area contributed by atoms with Crippen LogP contribution in [-0.4, -0.2) is 39.4 Å². The Labute approximate surface area is 135 Å². The third kappa shape index (κ3) is 6.88. The molecule has 0 aliphatic rings. The first kappa shape index (κ1) is 19.1. The largest absolute Gasteiger partial charge is 0.375 e. The number of aromatic nitrogens is 3. The second-order valence-electron chi connectivity index (χ2n) is 7.43. The van der Waals surface area contributed by atoms with E-state index in [-0.39, 0.29) is 11.2 Å². The summed E-state index contributed by atoms with van der Waals surface area (Å²) in [5.74, 6) is 0. The summed E-state index contributed by atoms with van der Waals surface area (Å²) in [5, 5.41) is 8.37. The lowest BCUT2D eigenvalue weighted by Crippen LogP contribution is -2.32. The van der Waals surface area contributed by atoms with Gasteiger partial charge in [-0.25, -0.2) is 4.68 Å². The number of nitrogens with zero attached hydrogens (tertiary/aromatic N) is 3. The van der Waals surface area contributed by atoms with Crippen LogP contribution in [0, 0.1) is 0 Å². The van der Waals surface area contributed by atoms with Gasteiger partial charge in [0.15, 0.2) is 0 Å². The van der Waals surface area contributed by atoms with E-state index in [0.717, 1.165) is 31.6 Å². The average molecular weight is 311 g/mol. The molecule has 0 saturated carbocycles. The van der Waals surface area contributed by atoms with Gasteiger partial charge >= 0.3 is 0 Å². The highest BCUT2D eigenvalue weighted by Crippen LogP contribution is 2.20. The highest BCUT2D eigenvalue weighted by molar-refractivity contribution is 4.98. The predicted molar refractivity (Wildman–Crippen MR) is 89.1 cm³/mol. The third-order valence-corrected chi connectivity index (χ3v) is 3.59. The van der Waals surface area contributed by atoms with Crippen LogP contribution in [0.3, 0.4) is 0 Å². The van der Waals surface area contributed by atoms with Crippen molar-refractivity contribution in [1.29, 1.82) is 0 Å². The summed E-state index contributed by atoms with van der Waals surface area (Å²) in [6.45, 7) is 16.2. The topological polar surface area (TPSA) is 49.2 Å². The standard InChI is InChI=1S/C17H33N3O2/c1-8-10-21-16(4,5)9-11-22-17(6,7)12-15-13-20(14(2)3)19-18-15/h13-14H,8-12H2,1-7H3. The molecule has 128 valence electrons. The lowest BCUT2D eigenvalue weighted by molar-refractivity contribution is -0.0717. The SMILES string of the molecule is CCCOC(C)(C)CCOC(C)(C)Cc1cn(C(C)C)nn1. The molecule has 0 radical (unpaired) electrons. The van der Waals surface area contributed by atoms with E-state index < -0.39 is 0 Å². The molecule has 0 amide bonds. The Morgan fingerprint density at radius 2 is 1.73 bits per heavy atom. The van der Waals surface area contributed by atoms with Crippen molar-refractivity contribution in [3.8, 4) is 0 Å². The summed E-state index contributed by atoms with van der Waals surface area (Å²) in [6, 6.07) is 0.335. The number of rotatable bonds is 10. The van der Waals surface area contributed by atoms with Crippen LogP contribution in [0.2, 0.25) is 0 Å². The molecule has 0 atom stereocenters. The summed E-state index contributed by atoms with van der Waals surface area (Å²) in [6.07, 6.45) is 4.69. The molecule has 1 heterocycles. The molecule has 5 nitrogen and oxygen atoms in total. The Morgan fingerprint density at radius 3 is 2.27 bits per heavy atom. The fraction of sp³-hybridized carbons (Fsp3) is 0.882. The molecule has 1 rings (SSSR count). The van der Waals surface area contributed by atoms with Crippen LogP contribution in [0.5, 0.6) is 0 Å². The zero-order valence-corrected chi connectivity index (χ0v) is 15.3. The first-order chi connectivity index (χ1) is 10.2. The van der Waals surface area contributed by atoms with Gasteiger partial charge in [-0.3, -0.25) is 0 Å². The molecule has 0 aliphatic carbocycles. The number of hydrogen-bond donors (Lipinski definition) is 0. The van der Waals surface area contributed by atoms with E-state index >= 15 is 0 Å². The van der Waals surface area contributed by atoms with Crippen LogP contribution in [0.1, 0.15) is 73.0 Å². The minimum atomic E-state index is -0.251. The second-order valence-corrected chi connectivity index (χ2v) is 7.43. The first-order valence-corrected chi connectivity index (χ1v) is 8.34. The summed E-state index contributed by atoms with van der Waals surface area (Å²) >= 11 is 0. The Hall–Kier alpha value is -0.940. The molecule has 0 aromatic carbocycles. The van der Waals surface area contributed by atoms with Crippen LogP contribution in [0.15, 0.2) is 6.20 Å². The van der Waals surface area contributed by atoms with Gasteiger partial charge < -0.3 is 9.47 Å². The first-order valence-electron chi connectivity index (χ1n) is 8.34. The summed E-state index contributed by atoms with van der Waals surface area (Å²) in [4.78, 5) is 0. The van der Waals surface area contributed by atoms with Gasteiger partial charge in [0, 0.05) is 25.3 Å². The Kier molecular flexibility index (Phi) is 7.00. The molecule has 22 heavy (non-hydrogen) atoms. The maximum atomic E-state index is 6.06. The van der Waals surface area contributed by atoms with E-state index in [0.29, 0.717) is 12.6 Å². The molecule has 1 aromatic heterocycles. The van der Waals surface area contributed by atoms with Crippen molar-refractivity contribution in [3.05, 3.63) is 11.9 Å². The average Bonchev–Trinajstić information content (AvgIpc) is 2.83. The van der Waals surface area contributed by atoms with E-state index in [1.54, 1.807) is 0 Å². The van der Waals surface area contributed by atoms with Gasteiger partial charge in [-0.2, -0.15) is 0 Å². The van der Waals surface area contributed by atoms with Crippen molar-refractivity contribution in [2.45, 2.75) is 85.0 Å². The minimum Gasteiger partial charge on any atom is -0.375 e. The Balaban J connectivity index is 2.42. The molecule has 5 heteroatoms.